The molecule has 43 heavy (non-hydrogen) atoms. The van der Waals surface area contributed by atoms with Crippen molar-refractivity contribution in [2.45, 2.75) is 102 Å². The third-order valence-corrected chi connectivity index (χ3v) is 11.5. The minimum Gasteiger partial charge on any atom is -0.633 e. The summed E-state index contributed by atoms with van der Waals surface area (Å²) in [5.74, 6) is -3.40. The van der Waals surface area contributed by atoms with Crippen LogP contribution in [0, 0.1) is 28.4 Å². The number of nitrogens with zero attached hydrogens (tertiary/aromatic N) is 1. The molecule has 0 amide bonds. The van der Waals surface area contributed by atoms with E-state index in [2.05, 4.69) is 0 Å². The van der Waals surface area contributed by atoms with Gasteiger partial charge in [0.15, 0.2) is 0 Å². The van der Waals surface area contributed by atoms with Crippen molar-refractivity contribution in [3.05, 3.63) is 34.5 Å². The fourth-order valence-corrected chi connectivity index (χ4v) is 9.00. The van der Waals surface area contributed by atoms with Gasteiger partial charge in [-0.25, -0.2) is 4.39 Å². The van der Waals surface area contributed by atoms with E-state index in [-0.39, 0.29) is 53.8 Å². The predicted octanol–water partition coefficient (Wildman–Crippen LogP) is 8.60. The maximum absolute atomic E-state index is 15.9. The van der Waals surface area contributed by atoms with Crippen molar-refractivity contribution < 1.29 is 40.9 Å². The molecule has 3 aliphatic rings. The average Bonchev–Trinajstić information content (AvgIpc) is 3.20. The van der Waals surface area contributed by atoms with Gasteiger partial charge in [0, 0.05) is 30.6 Å². The molecule has 11 heteroatoms. The van der Waals surface area contributed by atoms with E-state index in [0.29, 0.717) is 31.7 Å². The highest BCUT2D eigenvalue weighted by Gasteiger charge is 2.60. The number of aromatic hydroxyl groups is 1. The summed E-state index contributed by atoms with van der Waals surface area (Å²) in [7, 11) is 1.60. The van der Waals surface area contributed by atoms with Crippen molar-refractivity contribution in [1.29, 1.82) is 0 Å². The van der Waals surface area contributed by atoms with E-state index in [1.54, 1.807) is 19.2 Å². The summed E-state index contributed by atoms with van der Waals surface area (Å²) in [6.45, 7) is 2.74. The lowest BCUT2D eigenvalue weighted by atomic mass is 9.51. The van der Waals surface area contributed by atoms with Crippen LogP contribution in [0.3, 0.4) is 0 Å². The summed E-state index contributed by atoms with van der Waals surface area (Å²) in [6, 6.07) is 5.26. The maximum Gasteiger partial charge on any atom is 0.453 e. The Morgan fingerprint density at radius 1 is 1.07 bits per heavy atom. The van der Waals surface area contributed by atoms with E-state index in [1.807, 2.05) is 13.0 Å². The van der Waals surface area contributed by atoms with Gasteiger partial charge in [-0.3, -0.25) is 4.79 Å². The summed E-state index contributed by atoms with van der Waals surface area (Å²) in [4.78, 5) is 12.9. The molecule has 0 aromatic heterocycles. The number of hydrogen-bond donors (Lipinski definition) is 1. The molecule has 7 atom stereocenters. The number of Topliss-reactive ketones (excluding diaryl/α,β-unsaturated/α-hetero) is 1. The van der Waals surface area contributed by atoms with Gasteiger partial charge in [0.2, 0.25) is 0 Å². The Balaban J connectivity index is 1.22. The van der Waals surface area contributed by atoms with Crippen LogP contribution >= 0.6 is 11.8 Å². The number of thioether (sulfide) groups is 1. The number of unbranched alkanes of at least 4 members (excludes halogenated alkanes) is 2. The van der Waals surface area contributed by atoms with Crippen LogP contribution in [0.4, 0.5) is 26.3 Å². The van der Waals surface area contributed by atoms with Crippen LogP contribution in [0.1, 0.15) is 88.2 Å². The molecule has 0 radical (unpaired) electrons. The Hall–Kier alpha value is -1.46. The van der Waals surface area contributed by atoms with Gasteiger partial charge < -0.3 is 15.0 Å². The van der Waals surface area contributed by atoms with Gasteiger partial charge in [-0.15, -0.1) is 0 Å². The van der Waals surface area contributed by atoms with Gasteiger partial charge in [-0.05, 0) is 97.5 Å². The summed E-state index contributed by atoms with van der Waals surface area (Å²) in [5, 5.41) is 23.0. The molecule has 0 spiro atoms. The number of fused-ring (bicyclic) bond motifs is 5. The molecule has 2 saturated carbocycles. The SMILES string of the molecule is CC12CC(F)C3c4ccc(O)cc4CC(CCCCC[N+](C)([O-])CCCSCCCC(F)(F)C(F)(F)F)C3C1CCC2=O. The van der Waals surface area contributed by atoms with Gasteiger partial charge in [0.05, 0.1) is 20.1 Å². The van der Waals surface area contributed by atoms with Gasteiger partial charge in [-0.2, -0.15) is 33.7 Å². The second-order valence-electron chi connectivity index (χ2n) is 13.5. The number of quaternary nitrogens is 1. The van der Waals surface area contributed by atoms with Crippen LogP contribution in [0.15, 0.2) is 18.2 Å². The molecule has 7 unspecified atom stereocenters. The van der Waals surface area contributed by atoms with E-state index >= 15 is 4.39 Å². The molecule has 1 aromatic rings. The Morgan fingerprint density at radius 3 is 2.49 bits per heavy atom. The smallest absolute Gasteiger partial charge is 0.453 e. The summed E-state index contributed by atoms with van der Waals surface area (Å²) in [6.07, 6.45) is -1.86. The van der Waals surface area contributed by atoms with Crippen molar-refractivity contribution >= 4 is 17.5 Å². The lowest BCUT2D eigenvalue weighted by Gasteiger charge is -2.53. The normalized spacial score (nSPS) is 30.4. The summed E-state index contributed by atoms with van der Waals surface area (Å²) in [5.41, 5.74) is 1.36. The van der Waals surface area contributed by atoms with Crippen molar-refractivity contribution in [3.8, 4) is 5.75 Å². The van der Waals surface area contributed by atoms with Gasteiger partial charge in [0.1, 0.15) is 17.7 Å². The van der Waals surface area contributed by atoms with Crippen molar-refractivity contribution in [2.24, 2.45) is 23.2 Å². The first kappa shape index (κ1) is 34.4. The molecule has 4 nitrogen and oxygen atoms in total. The minimum atomic E-state index is -5.51. The molecule has 1 aromatic carbocycles. The summed E-state index contributed by atoms with van der Waals surface area (Å²) >= 11 is 1.29. The number of alkyl halides is 6. The molecule has 2 fully saturated rings. The number of carbonyl (C=O) groups is 1. The Kier molecular flexibility index (Phi) is 10.8. The van der Waals surface area contributed by atoms with Gasteiger partial charge in [0.25, 0.3) is 0 Å². The van der Waals surface area contributed by atoms with E-state index < -0.39 is 34.8 Å². The molecular weight excluding hydrogens is 592 g/mol. The van der Waals surface area contributed by atoms with Crippen molar-refractivity contribution in [2.75, 3.05) is 31.6 Å². The molecular formula is C32H45F6NO3S. The van der Waals surface area contributed by atoms with Gasteiger partial charge in [-0.1, -0.05) is 19.4 Å². The first-order chi connectivity index (χ1) is 20.1. The number of ketones is 1. The largest absolute Gasteiger partial charge is 0.633 e. The molecule has 0 bridgehead atoms. The number of halogens is 6. The van der Waals surface area contributed by atoms with Crippen molar-refractivity contribution in [1.82, 2.24) is 0 Å². The maximum atomic E-state index is 15.9. The number of hydrogen-bond acceptors (Lipinski definition) is 4. The Bertz CT molecular complexity index is 1120. The average molecular weight is 638 g/mol. The molecule has 0 saturated heterocycles. The third kappa shape index (κ3) is 7.86. The van der Waals surface area contributed by atoms with E-state index in [1.165, 1.54) is 11.8 Å². The molecule has 244 valence electrons. The molecule has 0 heterocycles. The van der Waals surface area contributed by atoms with Crippen LogP contribution in [0.2, 0.25) is 0 Å². The lowest BCUT2D eigenvalue weighted by molar-refractivity contribution is -0.860. The zero-order valence-electron chi connectivity index (χ0n) is 25.1. The van der Waals surface area contributed by atoms with Crippen LogP contribution in [0.25, 0.3) is 0 Å². The molecule has 3 aliphatic carbocycles. The monoisotopic (exact) mass is 637 g/mol. The van der Waals surface area contributed by atoms with Crippen LogP contribution in [0.5, 0.6) is 5.75 Å². The number of hydroxylamine groups is 3. The zero-order valence-corrected chi connectivity index (χ0v) is 25.9. The van der Waals surface area contributed by atoms with E-state index in [0.717, 1.165) is 49.7 Å². The summed E-state index contributed by atoms with van der Waals surface area (Å²) < 4.78 is 78.1. The number of phenolic OH excluding ortho intramolecular Hbond substituents is 1. The van der Waals surface area contributed by atoms with Crippen LogP contribution < -0.4 is 0 Å². The predicted molar refractivity (Wildman–Crippen MR) is 157 cm³/mol. The second kappa shape index (κ2) is 13.5. The topological polar surface area (TPSA) is 60.4 Å². The van der Waals surface area contributed by atoms with Crippen LogP contribution in [-0.2, 0) is 11.2 Å². The minimum absolute atomic E-state index is 0.0787. The quantitative estimate of drug-likeness (QED) is 0.0961. The first-order valence-electron chi connectivity index (χ1n) is 15.6. The molecule has 4 rings (SSSR count). The second-order valence-corrected chi connectivity index (χ2v) is 14.7. The highest BCUT2D eigenvalue weighted by Crippen LogP contribution is 2.62. The van der Waals surface area contributed by atoms with E-state index in [9.17, 15) is 37.1 Å². The molecule has 0 aliphatic heterocycles. The highest BCUT2D eigenvalue weighted by molar-refractivity contribution is 7.99. The number of benzene rings is 1. The van der Waals surface area contributed by atoms with Crippen molar-refractivity contribution in [3.63, 3.8) is 0 Å². The Labute approximate surface area is 255 Å². The number of rotatable bonds is 14. The fraction of sp³-hybridized carbons (Fsp3) is 0.781. The molecule has 1 N–H and O–H groups in total. The Morgan fingerprint density at radius 2 is 1.77 bits per heavy atom. The standard InChI is InChI=1S/C32H45F6NO3S/c1-30-20-26(33)29-24-10-9-23(40)19-22(24)18-21(28(29)25(30)11-12-27(30)41)8-4-3-5-14-39(2,42)15-7-17-43-16-6-13-31(34,35)32(36,37)38/h9-10,19,21,25-26,28-29,40H,3-8,11-18,20H2,1-2H3. The first-order valence-corrected chi connectivity index (χ1v) is 16.8. The zero-order chi connectivity index (χ0) is 31.6. The fourth-order valence-electron chi connectivity index (χ4n) is 8.12. The lowest BCUT2D eigenvalue weighted by Crippen LogP contribution is -2.50. The van der Waals surface area contributed by atoms with Gasteiger partial charge >= 0.3 is 12.1 Å². The highest BCUT2D eigenvalue weighted by atomic mass is 32.2. The van der Waals surface area contributed by atoms with Crippen LogP contribution in [-0.4, -0.2) is 65.4 Å². The number of phenols is 1. The number of carbonyl (C=O) groups excluding carboxylic acids is 1. The third-order valence-electron chi connectivity index (χ3n) is 10.4. The van der Waals surface area contributed by atoms with E-state index in [4.69, 9.17) is 0 Å².